The first-order valence-corrected chi connectivity index (χ1v) is 6.93. The number of aliphatic hydroxyl groups is 1. The average molecular weight is 239 g/mol. The number of sulfonamides is 1. The second-order valence-electron chi connectivity index (χ2n) is 3.26. The molecule has 0 amide bonds. The SMILES string of the molecule is CCCCOCCNS(=O)(=O)CCCO. The van der Waals surface area contributed by atoms with Crippen molar-refractivity contribution in [1.29, 1.82) is 0 Å². The molecule has 0 aliphatic carbocycles. The molecule has 0 atom stereocenters. The third-order valence-corrected chi connectivity index (χ3v) is 3.25. The zero-order chi connectivity index (χ0) is 11.6. The van der Waals surface area contributed by atoms with Gasteiger partial charge in [0, 0.05) is 19.8 Å². The van der Waals surface area contributed by atoms with Crippen LogP contribution in [0.3, 0.4) is 0 Å². The first kappa shape index (κ1) is 14.8. The lowest BCUT2D eigenvalue weighted by molar-refractivity contribution is 0.136. The van der Waals surface area contributed by atoms with Crippen molar-refractivity contribution >= 4 is 10.0 Å². The summed E-state index contributed by atoms with van der Waals surface area (Å²) in [5.41, 5.74) is 0. The van der Waals surface area contributed by atoms with Gasteiger partial charge >= 0.3 is 0 Å². The maximum atomic E-state index is 11.2. The van der Waals surface area contributed by atoms with E-state index in [0.717, 1.165) is 12.8 Å². The number of hydrogen-bond donors (Lipinski definition) is 2. The van der Waals surface area contributed by atoms with E-state index < -0.39 is 10.0 Å². The molecular formula is C9H21NO4S. The summed E-state index contributed by atoms with van der Waals surface area (Å²) in [6.07, 6.45) is 2.34. The fourth-order valence-corrected chi connectivity index (χ4v) is 1.99. The van der Waals surface area contributed by atoms with E-state index in [2.05, 4.69) is 11.6 Å². The highest BCUT2D eigenvalue weighted by molar-refractivity contribution is 7.89. The van der Waals surface area contributed by atoms with E-state index in [9.17, 15) is 8.42 Å². The third kappa shape index (κ3) is 10.1. The Hall–Kier alpha value is -0.170. The van der Waals surface area contributed by atoms with Crippen LogP contribution in [-0.4, -0.2) is 45.6 Å². The first-order chi connectivity index (χ1) is 7.12. The van der Waals surface area contributed by atoms with Crippen molar-refractivity contribution in [3.63, 3.8) is 0 Å². The van der Waals surface area contributed by atoms with Crippen LogP contribution in [0.25, 0.3) is 0 Å². The molecule has 0 fully saturated rings. The predicted octanol–water partition coefficient (Wildman–Crippen LogP) is 0.105. The quantitative estimate of drug-likeness (QED) is 0.530. The van der Waals surface area contributed by atoms with Crippen LogP contribution in [0.2, 0.25) is 0 Å². The van der Waals surface area contributed by atoms with E-state index in [1.807, 2.05) is 0 Å². The number of rotatable bonds is 10. The summed E-state index contributed by atoms with van der Waals surface area (Å²) in [5.74, 6) is -0.0293. The summed E-state index contributed by atoms with van der Waals surface area (Å²) >= 11 is 0. The molecule has 6 heteroatoms. The number of aliphatic hydroxyl groups excluding tert-OH is 1. The van der Waals surface area contributed by atoms with Crippen molar-refractivity contribution < 1.29 is 18.3 Å². The third-order valence-electron chi connectivity index (χ3n) is 1.78. The standard InChI is InChI=1S/C9H21NO4S/c1-2-3-7-14-8-5-10-15(12,13)9-4-6-11/h10-11H,2-9H2,1H3. The fourth-order valence-electron chi connectivity index (χ4n) is 0.945. The van der Waals surface area contributed by atoms with E-state index in [0.29, 0.717) is 19.8 Å². The van der Waals surface area contributed by atoms with Gasteiger partial charge in [-0.3, -0.25) is 0 Å². The van der Waals surface area contributed by atoms with Crippen LogP contribution in [-0.2, 0) is 14.8 Å². The summed E-state index contributed by atoms with van der Waals surface area (Å²) in [7, 11) is -3.23. The van der Waals surface area contributed by atoms with Gasteiger partial charge in [-0.1, -0.05) is 13.3 Å². The van der Waals surface area contributed by atoms with Crippen molar-refractivity contribution in [3.8, 4) is 0 Å². The van der Waals surface area contributed by atoms with Crippen LogP contribution >= 0.6 is 0 Å². The molecule has 0 aliphatic heterocycles. The van der Waals surface area contributed by atoms with Gasteiger partial charge < -0.3 is 9.84 Å². The van der Waals surface area contributed by atoms with Gasteiger partial charge in [0.15, 0.2) is 0 Å². The van der Waals surface area contributed by atoms with Gasteiger partial charge in [0.1, 0.15) is 0 Å². The highest BCUT2D eigenvalue weighted by Gasteiger charge is 2.07. The van der Waals surface area contributed by atoms with E-state index in [1.54, 1.807) is 0 Å². The Balaban J connectivity index is 3.41. The maximum absolute atomic E-state index is 11.2. The Morgan fingerprint density at radius 2 is 2.00 bits per heavy atom. The molecule has 92 valence electrons. The topological polar surface area (TPSA) is 75.6 Å². The normalized spacial score (nSPS) is 11.9. The molecule has 5 nitrogen and oxygen atoms in total. The Morgan fingerprint density at radius 3 is 2.60 bits per heavy atom. The first-order valence-electron chi connectivity index (χ1n) is 5.28. The van der Waals surface area contributed by atoms with Crippen molar-refractivity contribution in [2.75, 3.05) is 32.1 Å². The van der Waals surface area contributed by atoms with E-state index >= 15 is 0 Å². The fraction of sp³-hybridized carbons (Fsp3) is 1.00. The summed E-state index contributed by atoms with van der Waals surface area (Å²) in [6.45, 7) is 3.35. The molecule has 0 radical (unpaired) electrons. The van der Waals surface area contributed by atoms with Gasteiger partial charge in [-0.05, 0) is 12.8 Å². The van der Waals surface area contributed by atoms with Gasteiger partial charge in [-0.25, -0.2) is 13.1 Å². The molecule has 0 unspecified atom stereocenters. The van der Waals surface area contributed by atoms with Crippen molar-refractivity contribution in [2.24, 2.45) is 0 Å². The minimum Gasteiger partial charge on any atom is -0.396 e. The number of hydrogen-bond acceptors (Lipinski definition) is 4. The predicted molar refractivity (Wildman–Crippen MR) is 59.2 cm³/mol. The molecule has 0 heterocycles. The largest absolute Gasteiger partial charge is 0.396 e. The monoisotopic (exact) mass is 239 g/mol. The Morgan fingerprint density at radius 1 is 1.27 bits per heavy atom. The van der Waals surface area contributed by atoms with Crippen molar-refractivity contribution in [1.82, 2.24) is 4.72 Å². The smallest absolute Gasteiger partial charge is 0.211 e. The molecule has 0 spiro atoms. The van der Waals surface area contributed by atoms with Gasteiger partial charge in [0.2, 0.25) is 10.0 Å². The van der Waals surface area contributed by atoms with Crippen molar-refractivity contribution in [2.45, 2.75) is 26.2 Å². The number of ether oxygens (including phenoxy) is 1. The average Bonchev–Trinajstić information content (AvgIpc) is 2.20. The lowest BCUT2D eigenvalue weighted by Gasteiger charge is -2.06. The molecule has 15 heavy (non-hydrogen) atoms. The molecule has 0 saturated carbocycles. The minimum atomic E-state index is -3.23. The Labute approximate surface area is 91.9 Å². The molecule has 0 aliphatic rings. The van der Waals surface area contributed by atoms with E-state index in [4.69, 9.17) is 9.84 Å². The highest BCUT2D eigenvalue weighted by Crippen LogP contribution is 1.89. The second-order valence-corrected chi connectivity index (χ2v) is 5.18. The highest BCUT2D eigenvalue weighted by atomic mass is 32.2. The van der Waals surface area contributed by atoms with Gasteiger partial charge in [0.05, 0.1) is 12.4 Å². The Kier molecular flexibility index (Phi) is 8.98. The van der Waals surface area contributed by atoms with Crippen LogP contribution in [0, 0.1) is 0 Å². The minimum absolute atomic E-state index is 0.0293. The van der Waals surface area contributed by atoms with Gasteiger partial charge in [0.25, 0.3) is 0 Å². The van der Waals surface area contributed by atoms with Gasteiger partial charge in [-0.15, -0.1) is 0 Å². The molecular weight excluding hydrogens is 218 g/mol. The zero-order valence-electron chi connectivity index (χ0n) is 9.24. The molecule has 0 aromatic carbocycles. The Bertz CT molecular complexity index is 228. The number of unbranched alkanes of at least 4 members (excludes halogenated alkanes) is 1. The van der Waals surface area contributed by atoms with Crippen LogP contribution in [0.4, 0.5) is 0 Å². The second kappa shape index (κ2) is 9.08. The molecule has 0 saturated heterocycles. The van der Waals surface area contributed by atoms with Gasteiger partial charge in [-0.2, -0.15) is 0 Å². The van der Waals surface area contributed by atoms with E-state index in [1.165, 1.54) is 0 Å². The molecule has 0 rings (SSSR count). The number of nitrogens with one attached hydrogen (secondary N) is 1. The van der Waals surface area contributed by atoms with Crippen molar-refractivity contribution in [3.05, 3.63) is 0 Å². The molecule has 0 bridgehead atoms. The summed E-state index contributed by atoms with van der Waals surface area (Å²) < 4.78 is 30.0. The van der Waals surface area contributed by atoms with Crippen LogP contribution < -0.4 is 4.72 Å². The summed E-state index contributed by atoms with van der Waals surface area (Å²) in [6, 6.07) is 0. The molecule has 0 aromatic heterocycles. The zero-order valence-corrected chi connectivity index (χ0v) is 10.1. The molecule has 2 N–H and O–H groups in total. The summed E-state index contributed by atoms with van der Waals surface area (Å²) in [5, 5.41) is 8.48. The van der Waals surface area contributed by atoms with Crippen LogP contribution in [0.5, 0.6) is 0 Å². The van der Waals surface area contributed by atoms with Crippen LogP contribution in [0.1, 0.15) is 26.2 Å². The lowest BCUT2D eigenvalue weighted by atomic mass is 10.4. The molecule has 0 aromatic rings. The summed E-state index contributed by atoms with van der Waals surface area (Å²) in [4.78, 5) is 0. The lowest BCUT2D eigenvalue weighted by Crippen LogP contribution is -2.30. The van der Waals surface area contributed by atoms with E-state index in [-0.39, 0.29) is 18.8 Å². The van der Waals surface area contributed by atoms with Crippen LogP contribution in [0.15, 0.2) is 0 Å². The maximum Gasteiger partial charge on any atom is 0.211 e.